The van der Waals surface area contributed by atoms with Crippen LogP contribution in [0.3, 0.4) is 0 Å². The molecule has 32 heavy (non-hydrogen) atoms. The van der Waals surface area contributed by atoms with Gasteiger partial charge in [-0.25, -0.2) is 4.79 Å². The minimum absolute atomic E-state index is 0.108. The molecule has 1 heterocycles. The van der Waals surface area contributed by atoms with Crippen LogP contribution in [0.5, 0.6) is 5.75 Å². The fourth-order valence-electron chi connectivity index (χ4n) is 3.22. The fourth-order valence-corrected chi connectivity index (χ4v) is 3.22. The van der Waals surface area contributed by atoms with Gasteiger partial charge in [0.15, 0.2) is 6.61 Å². The standard InChI is InChI=1S/C26H35N3O3/c1-6-28(7-2)18-23-16-22(17-24(27-23)19-29(8-3)9-4)11-10-21-12-14-25(15-13-21)32-20-26(30)31-5/h12-17H,6-9,18-20H2,1-5H3. The van der Waals surface area contributed by atoms with Gasteiger partial charge in [-0.05, 0) is 62.6 Å². The van der Waals surface area contributed by atoms with Crippen LogP contribution in [0, 0.1) is 11.8 Å². The maximum absolute atomic E-state index is 11.2. The van der Waals surface area contributed by atoms with Crippen LogP contribution in [0.4, 0.5) is 0 Å². The predicted octanol–water partition coefficient (Wildman–Crippen LogP) is 3.72. The Morgan fingerprint density at radius 2 is 1.34 bits per heavy atom. The number of hydrogen-bond donors (Lipinski definition) is 0. The molecule has 0 N–H and O–H groups in total. The molecule has 0 atom stereocenters. The largest absolute Gasteiger partial charge is 0.482 e. The zero-order valence-corrected chi connectivity index (χ0v) is 20.0. The number of aromatic nitrogens is 1. The smallest absolute Gasteiger partial charge is 0.343 e. The molecule has 0 aliphatic heterocycles. The van der Waals surface area contributed by atoms with E-state index in [0.29, 0.717) is 5.75 Å². The van der Waals surface area contributed by atoms with Gasteiger partial charge in [-0.3, -0.25) is 14.8 Å². The number of methoxy groups -OCH3 is 1. The number of ether oxygens (including phenoxy) is 2. The van der Waals surface area contributed by atoms with E-state index in [4.69, 9.17) is 9.72 Å². The van der Waals surface area contributed by atoms with Crippen molar-refractivity contribution in [3.05, 3.63) is 58.9 Å². The fraction of sp³-hybridized carbons (Fsp3) is 0.462. The van der Waals surface area contributed by atoms with Crippen LogP contribution in [0.25, 0.3) is 0 Å². The Hall–Kier alpha value is -2.88. The molecule has 0 radical (unpaired) electrons. The number of carbonyl (C=O) groups excluding carboxylic acids is 1. The Labute approximate surface area is 192 Å². The highest BCUT2D eigenvalue weighted by Gasteiger charge is 2.09. The Balaban J connectivity index is 2.22. The summed E-state index contributed by atoms with van der Waals surface area (Å²) in [6.07, 6.45) is 0. The first kappa shape index (κ1) is 25.4. The van der Waals surface area contributed by atoms with Gasteiger partial charge < -0.3 is 9.47 Å². The molecular formula is C26H35N3O3. The summed E-state index contributed by atoms with van der Waals surface area (Å²) in [5.74, 6) is 6.72. The van der Waals surface area contributed by atoms with Crippen molar-refractivity contribution in [2.45, 2.75) is 40.8 Å². The third-order valence-corrected chi connectivity index (χ3v) is 5.28. The van der Waals surface area contributed by atoms with Crippen LogP contribution in [0.1, 0.15) is 50.2 Å². The summed E-state index contributed by atoms with van der Waals surface area (Å²) in [6.45, 7) is 14.2. The average molecular weight is 438 g/mol. The number of benzene rings is 1. The summed E-state index contributed by atoms with van der Waals surface area (Å²) >= 11 is 0. The number of rotatable bonds is 11. The Bertz CT molecular complexity index is 876. The molecule has 0 bridgehead atoms. The van der Waals surface area contributed by atoms with Gasteiger partial charge >= 0.3 is 5.97 Å². The summed E-state index contributed by atoms with van der Waals surface area (Å²) in [6, 6.07) is 11.5. The van der Waals surface area contributed by atoms with Gasteiger partial charge in [0.2, 0.25) is 0 Å². The quantitative estimate of drug-likeness (QED) is 0.395. The molecule has 0 fully saturated rings. The minimum atomic E-state index is -0.410. The van der Waals surface area contributed by atoms with Crippen LogP contribution in [-0.4, -0.2) is 60.6 Å². The average Bonchev–Trinajstić information content (AvgIpc) is 2.83. The van der Waals surface area contributed by atoms with E-state index in [0.717, 1.165) is 61.8 Å². The van der Waals surface area contributed by atoms with Gasteiger partial charge in [0.25, 0.3) is 0 Å². The third-order valence-electron chi connectivity index (χ3n) is 5.28. The highest BCUT2D eigenvalue weighted by molar-refractivity contribution is 5.70. The van der Waals surface area contributed by atoms with Crippen molar-refractivity contribution in [1.29, 1.82) is 0 Å². The molecule has 6 nitrogen and oxygen atoms in total. The molecule has 0 amide bonds. The molecule has 0 saturated heterocycles. The maximum atomic E-state index is 11.2. The summed E-state index contributed by atoms with van der Waals surface area (Å²) < 4.78 is 9.97. The van der Waals surface area contributed by atoms with Crippen molar-refractivity contribution >= 4 is 5.97 Å². The van der Waals surface area contributed by atoms with E-state index in [1.165, 1.54) is 7.11 Å². The van der Waals surface area contributed by atoms with E-state index in [2.05, 4.69) is 66.2 Å². The SMILES string of the molecule is CCN(CC)Cc1cc(C#Cc2ccc(OCC(=O)OC)cc2)cc(CN(CC)CC)n1. The van der Waals surface area contributed by atoms with Gasteiger partial charge in [0, 0.05) is 24.2 Å². The Morgan fingerprint density at radius 1 is 0.844 bits per heavy atom. The van der Waals surface area contributed by atoms with Crippen LogP contribution < -0.4 is 4.74 Å². The topological polar surface area (TPSA) is 54.9 Å². The van der Waals surface area contributed by atoms with E-state index in [1.807, 2.05) is 12.1 Å². The maximum Gasteiger partial charge on any atom is 0.343 e. The zero-order valence-electron chi connectivity index (χ0n) is 20.0. The summed E-state index contributed by atoms with van der Waals surface area (Å²) in [4.78, 5) is 20.8. The Morgan fingerprint density at radius 3 is 1.81 bits per heavy atom. The van der Waals surface area contributed by atoms with Crippen LogP contribution in [-0.2, 0) is 22.6 Å². The lowest BCUT2D eigenvalue weighted by atomic mass is 10.1. The number of nitrogens with zero attached hydrogens (tertiary/aromatic N) is 3. The van der Waals surface area contributed by atoms with Crippen molar-refractivity contribution in [1.82, 2.24) is 14.8 Å². The molecule has 1 aromatic carbocycles. The van der Waals surface area contributed by atoms with Crippen LogP contribution in [0.15, 0.2) is 36.4 Å². The summed E-state index contributed by atoms with van der Waals surface area (Å²) in [5.41, 5.74) is 3.95. The molecule has 0 spiro atoms. The number of esters is 1. The molecule has 2 rings (SSSR count). The van der Waals surface area contributed by atoms with Crippen molar-refractivity contribution in [2.24, 2.45) is 0 Å². The summed E-state index contributed by atoms with van der Waals surface area (Å²) in [7, 11) is 1.34. The second-order valence-corrected chi connectivity index (χ2v) is 7.40. The second kappa shape index (κ2) is 13.5. The molecular weight excluding hydrogens is 402 g/mol. The minimum Gasteiger partial charge on any atom is -0.482 e. The molecule has 1 aromatic heterocycles. The van der Waals surface area contributed by atoms with Crippen LogP contribution >= 0.6 is 0 Å². The number of pyridine rings is 1. The van der Waals surface area contributed by atoms with Crippen molar-refractivity contribution < 1.29 is 14.3 Å². The third kappa shape index (κ3) is 8.33. The van der Waals surface area contributed by atoms with E-state index < -0.39 is 5.97 Å². The van der Waals surface area contributed by atoms with Gasteiger partial charge in [-0.15, -0.1) is 0 Å². The van der Waals surface area contributed by atoms with Crippen molar-refractivity contribution in [2.75, 3.05) is 39.9 Å². The molecule has 0 saturated carbocycles. The number of hydrogen-bond acceptors (Lipinski definition) is 6. The number of carbonyl (C=O) groups is 1. The van der Waals surface area contributed by atoms with E-state index in [9.17, 15) is 4.79 Å². The highest BCUT2D eigenvalue weighted by Crippen LogP contribution is 2.13. The van der Waals surface area contributed by atoms with Crippen molar-refractivity contribution in [3.63, 3.8) is 0 Å². The highest BCUT2D eigenvalue weighted by atomic mass is 16.6. The second-order valence-electron chi connectivity index (χ2n) is 7.40. The van der Waals surface area contributed by atoms with Gasteiger partial charge in [0.05, 0.1) is 18.5 Å². The molecule has 2 aromatic rings. The predicted molar refractivity (Wildman–Crippen MR) is 127 cm³/mol. The lowest BCUT2D eigenvalue weighted by molar-refractivity contribution is -0.142. The zero-order chi connectivity index (χ0) is 23.3. The molecule has 0 aliphatic carbocycles. The molecule has 6 heteroatoms. The normalized spacial score (nSPS) is 10.7. The lowest BCUT2D eigenvalue weighted by Gasteiger charge is -2.20. The monoisotopic (exact) mass is 437 g/mol. The molecule has 0 unspecified atom stereocenters. The molecule has 172 valence electrons. The molecule has 0 aliphatic rings. The van der Waals surface area contributed by atoms with E-state index in [-0.39, 0.29) is 6.61 Å². The first-order valence-corrected chi connectivity index (χ1v) is 11.3. The van der Waals surface area contributed by atoms with E-state index >= 15 is 0 Å². The van der Waals surface area contributed by atoms with Gasteiger partial charge in [0.1, 0.15) is 5.75 Å². The lowest BCUT2D eigenvalue weighted by Crippen LogP contribution is -2.25. The first-order valence-electron chi connectivity index (χ1n) is 11.3. The van der Waals surface area contributed by atoms with Gasteiger partial charge in [-0.2, -0.15) is 0 Å². The van der Waals surface area contributed by atoms with Gasteiger partial charge in [-0.1, -0.05) is 39.5 Å². The van der Waals surface area contributed by atoms with Crippen molar-refractivity contribution in [3.8, 4) is 17.6 Å². The first-order chi connectivity index (χ1) is 15.5. The van der Waals surface area contributed by atoms with E-state index in [1.54, 1.807) is 12.1 Å². The van der Waals surface area contributed by atoms with Crippen LogP contribution in [0.2, 0.25) is 0 Å². The summed E-state index contributed by atoms with van der Waals surface area (Å²) in [5, 5.41) is 0. The Kier molecular flexibility index (Phi) is 10.7.